The van der Waals surface area contributed by atoms with E-state index in [1.807, 2.05) is 0 Å². The van der Waals surface area contributed by atoms with E-state index in [0.29, 0.717) is 31.9 Å². The van der Waals surface area contributed by atoms with Crippen molar-refractivity contribution in [2.45, 2.75) is 13.0 Å². The Kier molecular flexibility index (Phi) is 4.85. The number of carbonyl (C=O) groups is 2. The molecule has 1 aliphatic heterocycles. The normalized spacial score (nSPS) is 16.0. The average molecular weight is 345 g/mol. The lowest BCUT2D eigenvalue weighted by Gasteiger charge is -2.35. The van der Waals surface area contributed by atoms with Gasteiger partial charge in [-0.1, -0.05) is 0 Å². The molecule has 1 saturated heterocycles. The van der Waals surface area contributed by atoms with Crippen LogP contribution in [-0.2, 0) is 4.79 Å². The molecule has 25 heavy (non-hydrogen) atoms. The van der Waals surface area contributed by atoms with Crippen LogP contribution in [0.5, 0.6) is 0 Å². The third-order valence-corrected chi connectivity index (χ3v) is 4.31. The lowest BCUT2D eigenvalue weighted by Crippen LogP contribution is -2.52. The molecule has 3 rings (SSSR count). The monoisotopic (exact) mass is 345 g/mol. The molecule has 1 aromatic heterocycles. The Hall–Kier alpha value is -2.67. The van der Waals surface area contributed by atoms with Crippen LogP contribution in [0.1, 0.15) is 17.3 Å². The minimum atomic E-state index is -1.04. The number of aliphatic hydroxyl groups excluding tert-OH is 1. The van der Waals surface area contributed by atoms with E-state index in [0.717, 1.165) is 0 Å². The minimum absolute atomic E-state index is 0.262. The van der Waals surface area contributed by atoms with Crippen molar-refractivity contribution >= 4 is 11.8 Å². The maximum Gasteiger partial charge on any atom is 0.254 e. The Bertz CT molecular complexity index is 766. The van der Waals surface area contributed by atoms with Gasteiger partial charge in [0.25, 0.3) is 11.8 Å². The van der Waals surface area contributed by atoms with E-state index in [2.05, 4.69) is 0 Å². The average Bonchev–Trinajstić information content (AvgIpc) is 3.14. The van der Waals surface area contributed by atoms with Crippen molar-refractivity contribution < 1.29 is 19.1 Å². The van der Waals surface area contributed by atoms with Gasteiger partial charge in [-0.15, -0.1) is 0 Å². The Morgan fingerprint density at radius 3 is 2.24 bits per heavy atom. The van der Waals surface area contributed by atoms with Gasteiger partial charge in [0, 0.05) is 44.1 Å². The molecule has 1 N–H and O–H groups in total. The number of aliphatic hydroxyl groups is 1. The summed E-state index contributed by atoms with van der Waals surface area (Å²) in [6, 6.07) is 8.02. The van der Waals surface area contributed by atoms with Crippen molar-refractivity contribution in [2.75, 3.05) is 26.2 Å². The zero-order valence-electron chi connectivity index (χ0n) is 13.9. The number of hydrogen-bond donors (Lipinski definition) is 1. The van der Waals surface area contributed by atoms with E-state index in [1.165, 1.54) is 17.9 Å². The minimum Gasteiger partial charge on any atom is -0.384 e. The van der Waals surface area contributed by atoms with Gasteiger partial charge >= 0.3 is 0 Å². The molecule has 6 nitrogen and oxygen atoms in total. The van der Waals surface area contributed by atoms with E-state index in [1.54, 1.807) is 46.1 Å². The van der Waals surface area contributed by atoms with Crippen LogP contribution >= 0.6 is 0 Å². The summed E-state index contributed by atoms with van der Waals surface area (Å²) in [5.74, 6) is -1.07. The van der Waals surface area contributed by atoms with Crippen LogP contribution in [0.3, 0.4) is 0 Å². The molecular weight excluding hydrogens is 325 g/mol. The molecular formula is C18H20FN3O3. The third-order valence-electron chi connectivity index (χ3n) is 4.31. The number of piperazine rings is 1. The Labute approximate surface area is 145 Å². The van der Waals surface area contributed by atoms with Gasteiger partial charge in [0.05, 0.1) is 5.69 Å². The largest absolute Gasteiger partial charge is 0.384 e. The molecule has 0 radical (unpaired) electrons. The molecule has 1 aromatic carbocycles. The number of aromatic nitrogens is 1. The number of nitrogens with zero attached hydrogens (tertiary/aromatic N) is 3. The summed E-state index contributed by atoms with van der Waals surface area (Å²) in [7, 11) is 0. The molecule has 132 valence electrons. The molecule has 0 spiro atoms. The third kappa shape index (κ3) is 3.56. The fourth-order valence-electron chi connectivity index (χ4n) is 2.92. The quantitative estimate of drug-likeness (QED) is 0.911. The first-order valence-corrected chi connectivity index (χ1v) is 8.16. The lowest BCUT2D eigenvalue weighted by atomic mass is 10.1. The number of amides is 2. The maximum absolute atomic E-state index is 14.3. The highest BCUT2D eigenvalue weighted by atomic mass is 19.1. The predicted molar refractivity (Wildman–Crippen MR) is 89.9 cm³/mol. The smallest absolute Gasteiger partial charge is 0.254 e. The number of benzene rings is 1. The molecule has 0 aliphatic carbocycles. The van der Waals surface area contributed by atoms with Gasteiger partial charge in [-0.3, -0.25) is 9.59 Å². The second-order valence-electron chi connectivity index (χ2n) is 6.05. The summed E-state index contributed by atoms with van der Waals surface area (Å²) < 4.78 is 16.0. The second-order valence-corrected chi connectivity index (χ2v) is 6.05. The van der Waals surface area contributed by atoms with E-state index >= 15 is 0 Å². The highest BCUT2D eigenvalue weighted by Gasteiger charge is 2.26. The first-order chi connectivity index (χ1) is 12.0. The molecule has 7 heteroatoms. The van der Waals surface area contributed by atoms with Crippen molar-refractivity contribution in [1.29, 1.82) is 0 Å². The first kappa shape index (κ1) is 17.2. The number of hydrogen-bond acceptors (Lipinski definition) is 3. The molecule has 1 unspecified atom stereocenters. The summed E-state index contributed by atoms with van der Waals surface area (Å²) in [6.45, 7) is 2.87. The molecule has 2 heterocycles. The Morgan fingerprint density at radius 1 is 1.08 bits per heavy atom. The molecule has 1 atom stereocenters. The van der Waals surface area contributed by atoms with Gasteiger partial charge in [0.1, 0.15) is 11.9 Å². The van der Waals surface area contributed by atoms with Gasteiger partial charge in [0.2, 0.25) is 0 Å². The second kappa shape index (κ2) is 7.06. The van der Waals surface area contributed by atoms with E-state index in [-0.39, 0.29) is 17.4 Å². The predicted octanol–water partition coefficient (Wildman–Crippen LogP) is 1.28. The summed E-state index contributed by atoms with van der Waals surface area (Å²) in [4.78, 5) is 27.4. The van der Waals surface area contributed by atoms with Gasteiger partial charge in [0.15, 0.2) is 0 Å². The van der Waals surface area contributed by atoms with Crippen LogP contribution in [-0.4, -0.2) is 63.6 Å². The summed E-state index contributed by atoms with van der Waals surface area (Å²) in [6.07, 6.45) is 2.42. The summed E-state index contributed by atoms with van der Waals surface area (Å²) in [5.41, 5.74) is 0.664. The zero-order chi connectivity index (χ0) is 18.0. The molecule has 0 saturated carbocycles. The standard InChI is InChI=1S/C18H20FN3O3/c1-13(23)17(24)21-8-10-22(11-9-21)18(25)14-4-5-16(15(19)12-14)20-6-2-3-7-20/h2-7,12-13,23H,8-11H2,1H3. The first-order valence-electron chi connectivity index (χ1n) is 8.16. The SMILES string of the molecule is CC(O)C(=O)N1CCN(C(=O)c2ccc(-n3cccc3)c(F)c2)CC1. The number of rotatable bonds is 3. The molecule has 1 aliphatic rings. The van der Waals surface area contributed by atoms with Crippen molar-refractivity contribution in [2.24, 2.45) is 0 Å². The van der Waals surface area contributed by atoms with Crippen molar-refractivity contribution in [3.05, 3.63) is 54.1 Å². The van der Waals surface area contributed by atoms with E-state index in [4.69, 9.17) is 0 Å². The van der Waals surface area contributed by atoms with Gasteiger partial charge in [-0.25, -0.2) is 4.39 Å². The maximum atomic E-state index is 14.3. The van der Waals surface area contributed by atoms with Gasteiger partial charge in [-0.2, -0.15) is 0 Å². The van der Waals surface area contributed by atoms with E-state index < -0.39 is 11.9 Å². The van der Waals surface area contributed by atoms with Crippen LogP contribution in [0, 0.1) is 5.82 Å². The van der Waals surface area contributed by atoms with E-state index in [9.17, 15) is 19.1 Å². The van der Waals surface area contributed by atoms with Crippen molar-refractivity contribution in [3.63, 3.8) is 0 Å². The van der Waals surface area contributed by atoms with Crippen LogP contribution in [0.15, 0.2) is 42.7 Å². The summed E-state index contributed by atoms with van der Waals surface area (Å²) >= 11 is 0. The van der Waals surface area contributed by atoms with Gasteiger partial charge in [-0.05, 0) is 37.3 Å². The topological polar surface area (TPSA) is 65.8 Å². The molecule has 2 amide bonds. The zero-order valence-corrected chi connectivity index (χ0v) is 13.9. The van der Waals surface area contributed by atoms with Crippen LogP contribution in [0.25, 0.3) is 5.69 Å². The van der Waals surface area contributed by atoms with Gasteiger partial charge < -0.3 is 19.5 Å². The number of carbonyl (C=O) groups excluding carboxylic acids is 2. The number of halogens is 1. The highest BCUT2D eigenvalue weighted by Crippen LogP contribution is 2.17. The Morgan fingerprint density at radius 2 is 1.68 bits per heavy atom. The molecule has 0 bridgehead atoms. The van der Waals surface area contributed by atoms with Crippen molar-refractivity contribution in [1.82, 2.24) is 14.4 Å². The van der Waals surface area contributed by atoms with Crippen LogP contribution in [0.2, 0.25) is 0 Å². The van der Waals surface area contributed by atoms with Crippen LogP contribution < -0.4 is 0 Å². The lowest BCUT2D eigenvalue weighted by molar-refractivity contribution is -0.140. The van der Waals surface area contributed by atoms with Crippen LogP contribution in [0.4, 0.5) is 4.39 Å². The summed E-state index contributed by atoms with van der Waals surface area (Å²) in [5, 5.41) is 9.35. The fourth-order valence-corrected chi connectivity index (χ4v) is 2.92. The molecule has 2 aromatic rings. The molecule has 1 fully saturated rings. The van der Waals surface area contributed by atoms with Crippen molar-refractivity contribution in [3.8, 4) is 5.69 Å². The fraction of sp³-hybridized carbons (Fsp3) is 0.333. The Balaban J connectivity index is 1.68. The highest BCUT2D eigenvalue weighted by molar-refractivity contribution is 5.94.